The highest BCUT2D eigenvalue weighted by atomic mass is 13.7. The Kier molecular flexibility index (Phi) is 204. The summed E-state index contributed by atoms with van der Waals surface area (Å²) < 4.78 is 0. The molecule has 0 heterocycles. The lowest BCUT2D eigenvalue weighted by atomic mass is 10.3. The maximum Gasteiger partial charge on any atom is -0.0500 e. The van der Waals surface area contributed by atoms with E-state index in [2.05, 4.69) is 34.6 Å². The zero-order valence-corrected chi connectivity index (χ0v) is 12.3. The molecular weight excluding hydrogens is 156 g/mol. The number of hydrogen-bond acceptors (Lipinski definition) is 0. The molecule has 0 unspecified atom stereocenters. The molecule has 0 rings (SSSR count). The summed E-state index contributed by atoms with van der Waals surface area (Å²) in [6.45, 7) is 22.8. The minimum Gasteiger partial charge on any atom is -0.0683 e. The SMILES string of the molecule is CC.CC.CC.CC(C)C.CCC. The molecule has 0 saturated heterocycles. The molecule has 0 aliphatic rings. The zero-order chi connectivity index (χ0) is 12.3. The molecule has 0 aliphatic heterocycles. The van der Waals surface area contributed by atoms with E-state index in [1.165, 1.54) is 6.42 Å². The van der Waals surface area contributed by atoms with Crippen molar-refractivity contribution >= 4 is 0 Å². The van der Waals surface area contributed by atoms with Gasteiger partial charge in [0.05, 0.1) is 0 Å². The lowest BCUT2D eigenvalue weighted by Gasteiger charge is -1.79. The quantitative estimate of drug-likeness (QED) is 0.431. The summed E-state index contributed by atoms with van der Waals surface area (Å²) in [5.41, 5.74) is 0. The first-order valence-corrected chi connectivity index (χ1v) is 6.15. The molecule has 88 valence electrons. The molecule has 0 heteroatoms. The highest BCUT2D eigenvalue weighted by molar-refractivity contribution is 4.20. The van der Waals surface area contributed by atoms with E-state index in [0.717, 1.165) is 5.92 Å². The average Bonchev–Trinajstić information content (AvgIpc) is 2.14. The second-order valence-corrected chi connectivity index (χ2v) is 2.44. The van der Waals surface area contributed by atoms with Crippen molar-refractivity contribution in [2.45, 2.75) is 82.6 Å². The van der Waals surface area contributed by atoms with E-state index in [1.807, 2.05) is 41.5 Å². The Bertz CT molecular complexity index is 11.2. The van der Waals surface area contributed by atoms with Crippen LogP contribution in [0.4, 0.5) is 0 Å². The Hall–Kier alpha value is 0. The molecule has 0 aromatic rings. The average molecular weight is 192 g/mol. The van der Waals surface area contributed by atoms with Crippen molar-refractivity contribution in [1.82, 2.24) is 0 Å². The molecule has 0 N–H and O–H groups in total. The summed E-state index contributed by atoms with van der Waals surface area (Å²) >= 11 is 0. The third kappa shape index (κ3) is 0. The molecule has 0 atom stereocenters. The van der Waals surface area contributed by atoms with Crippen LogP contribution in [0.15, 0.2) is 0 Å². The zero-order valence-electron chi connectivity index (χ0n) is 12.3. The normalized spacial score (nSPS) is 5.54. The fraction of sp³-hybridized carbons (Fsp3) is 1.00. The van der Waals surface area contributed by atoms with Crippen LogP contribution in [0, 0.1) is 5.92 Å². The van der Waals surface area contributed by atoms with E-state index in [4.69, 9.17) is 0 Å². The first-order chi connectivity index (χ1) is 6.15. The summed E-state index contributed by atoms with van der Waals surface area (Å²) in [7, 11) is 0. The van der Waals surface area contributed by atoms with Crippen LogP contribution in [-0.4, -0.2) is 0 Å². The lowest BCUT2D eigenvalue weighted by Crippen LogP contribution is -1.66. The minimum atomic E-state index is 0.833. The van der Waals surface area contributed by atoms with Gasteiger partial charge in [0.2, 0.25) is 0 Å². The van der Waals surface area contributed by atoms with E-state index in [0.29, 0.717) is 0 Å². The highest BCUT2D eigenvalue weighted by Gasteiger charge is 1.68. The number of hydrogen-bond donors (Lipinski definition) is 0. The minimum absolute atomic E-state index is 0.833. The molecule has 0 amide bonds. The topological polar surface area (TPSA) is 0 Å². The standard InChI is InChI=1S/C4H10.C3H8.3C2H6/c1-4(2)3;1-3-2;3*1-2/h4H,1-3H3;3H2,1-2H3;3*1-2H3. The molecule has 0 aromatic carbocycles. The van der Waals surface area contributed by atoms with Gasteiger partial charge in [0, 0.05) is 0 Å². The fourth-order valence-electron chi connectivity index (χ4n) is 0. The summed E-state index contributed by atoms with van der Waals surface area (Å²) in [5, 5.41) is 0. The van der Waals surface area contributed by atoms with E-state index < -0.39 is 0 Å². The maximum absolute atomic E-state index is 2.17. The van der Waals surface area contributed by atoms with Gasteiger partial charge in [-0.15, -0.1) is 0 Å². The molecule has 0 fully saturated rings. The Morgan fingerprint density at radius 3 is 0.615 bits per heavy atom. The largest absolute Gasteiger partial charge is 0.0683 e. The van der Waals surface area contributed by atoms with Gasteiger partial charge in [0.15, 0.2) is 0 Å². The summed E-state index contributed by atoms with van der Waals surface area (Å²) in [6.07, 6.45) is 1.25. The Morgan fingerprint density at radius 2 is 0.615 bits per heavy atom. The van der Waals surface area contributed by atoms with Crippen LogP contribution in [0.5, 0.6) is 0 Å². The summed E-state index contributed by atoms with van der Waals surface area (Å²) in [4.78, 5) is 0. The Balaban J connectivity index is -0.0000000215. The van der Waals surface area contributed by atoms with Crippen LogP contribution in [0.3, 0.4) is 0 Å². The second kappa shape index (κ2) is 90.8. The Labute approximate surface area is 89.1 Å². The summed E-state index contributed by atoms with van der Waals surface area (Å²) in [6, 6.07) is 0. The van der Waals surface area contributed by atoms with Crippen molar-refractivity contribution in [1.29, 1.82) is 0 Å². The Morgan fingerprint density at radius 1 is 0.615 bits per heavy atom. The van der Waals surface area contributed by atoms with Crippen LogP contribution in [-0.2, 0) is 0 Å². The molecule has 0 saturated carbocycles. The third-order valence-electron chi connectivity index (χ3n) is 0. The van der Waals surface area contributed by atoms with Gasteiger partial charge in [-0.2, -0.15) is 0 Å². The second-order valence-electron chi connectivity index (χ2n) is 2.44. The number of rotatable bonds is 0. The van der Waals surface area contributed by atoms with Crippen LogP contribution < -0.4 is 0 Å². The van der Waals surface area contributed by atoms with Gasteiger partial charge < -0.3 is 0 Å². The van der Waals surface area contributed by atoms with E-state index in [-0.39, 0.29) is 0 Å². The highest BCUT2D eigenvalue weighted by Crippen LogP contribution is 1.81. The smallest absolute Gasteiger partial charge is 0.0500 e. The van der Waals surface area contributed by atoms with Gasteiger partial charge in [0.25, 0.3) is 0 Å². The molecule has 0 nitrogen and oxygen atoms in total. The van der Waals surface area contributed by atoms with E-state index >= 15 is 0 Å². The van der Waals surface area contributed by atoms with Gasteiger partial charge in [0.1, 0.15) is 0 Å². The van der Waals surface area contributed by atoms with Gasteiger partial charge in [-0.3, -0.25) is 0 Å². The fourth-order valence-corrected chi connectivity index (χ4v) is 0. The molecule has 0 radical (unpaired) electrons. The van der Waals surface area contributed by atoms with Crippen LogP contribution in [0.25, 0.3) is 0 Å². The first-order valence-electron chi connectivity index (χ1n) is 6.15. The van der Waals surface area contributed by atoms with Gasteiger partial charge in [-0.05, 0) is 5.92 Å². The van der Waals surface area contributed by atoms with Crippen molar-refractivity contribution in [2.24, 2.45) is 5.92 Å². The van der Waals surface area contributed by atoms with Crippen molar-refractivity contribution in [3.63, 3.8) is 0 Å². The molecule has 0 aromatic heterocycles. The van der Waals surface area contributed by atoms with Crippen molar-refractivity contribution in [2.75, 3.05) is 0 Å². The lowest BCUT2D eigenvalue weighted by molar-refractivity contribution is 0.737. The van der Waals surface area contributed by atoms with Gasteiger partial charge in [-0.25, -0.2) is 0 Å². The van der Waals surface area contributed by atoms with Gasteiger partial charge >= 0.3 is 0 Å². The predicted octanol–water partition coefficient (Wildman–Crippen LogP) is 6.16. The van der Waals surface area contributed by atoms with Crippen LogP contribution >= 0.6 is 0 Å². The van der Waals surface area contributed by atoms with Gasteiger partial charge in [-0.1, -0.05) is 82.6 Å². The van der Waals surface area contributed by atoms with Crippen molar-refractivity contribution < 1.29 is 0 Å². The molecule has 0 spiro atoms. The molecule has 0 aliphatic carbocycles. The molecular formula is C13H36. The molecule has 0 bridgehead atoms. The van der Waals surface area contributed by atoms with Crippen molar-refractivity contribution in [3.8, 4) is 0 Å². The summed E-state index contributed by atoms with van der Waals surface area (Å²) in [5.74, 6) is 0.833. The van der Waals surface area contributed by atoms with Crippen molar-refractivity contribution in [3.05, 3.63) is 0 Å². The van der Waals surface area contributed by atoms with E-state index in [9.17, 15) is 0 Å². The predicted molar refractivity (Wildman–Crippen MR) is 70.5 cm³/mol. The van der Waals surface area contributed by atoms with Crippen LogP contribution in [0.2, 0.25) is 0 Å². The maximum atomic E-state index is 2.17. The van der Waals surface area contributed by atoms with Crippen LogP contribution in [0.1, 0.15) is 82.6 Å². The first kappa shape index (κ1) is 29.2. The molecule has 13 heavy (non-hydrogen) atoms. The third-order valence-corrected chi connectivity index (χ3v) is 0. The van der Waals surface area contributed by atoms with E-state index in [1.54, 1.807) is 0 Å². The monoisotopic (exact) mass is 192 g/mol.